The molecule has 0 aliphatic rings. The van der Waals surface area contributed by atoms with Crippen molar-refractivity contribution in [3.63, 3.8) is 0 Å². The summed E-state index contributed by atoms with van der Waals surface area (Å²) in [5.41, 5.74) is 2.61. The van der Waals surface area contributed by atoms with Crippen LogP contribution in [0.2, 0.25) is 0 Å². The Morgan fingerprint density at radius 1 is 1.26 bits per heavy atom. The minimum Gasteiger partial charge on any atom is -0.479 e. The minimum atomic E-state index is -1.10. The second-order valence-corrected chi connectivity index (χ2v) is 4.50. The van der Waals surface area contributed by atoms with E-state index < -0.39 is 24.0 Å². The zero-order valence-electron chi connectivity index (χ0n) is 11.6. The van der Waals surface area contributed by atoms with Crippen molar-refractivity contribution in [2.75, 3.05) is 7.11 Å². The lowest BCUT2D eigenvalue weighted by atomic mass is 10.0. The Bertz CT molecular complexity index is 484. The highest BCUT2D eigenvalue weighted by atomic mass is 16.5. The van der Waals surface area contributed by atoms with E-state index in [1.165, 1.54) is 7.11 Å². The van der Waals surface area contributed by atoms with Gasteiger partial charge in [0.1, 0.15) is 6.10 Å². The van der Waals surface area contributed by atoms with Gasteiger partial charge in [-0.15, -0.1) is 0 Å². The number of hydrogen-bond acceptors (Lipinski definition) is 3. The van der Waals surface area contributed by atoms with Gasteiger partial charge in [-0.3, -0.25) is 4.79 Å². The molecule has 1 rings (SSSR count). The van der Waals surface area contributed by atoms with Crippen LogP contribution in [-0.4, -0.2) is 30.2 Å². The molecular formula is C14H19NO4. The fourth-order valence-electron chi connectivity index (χ4n) is 1.60. The maximum atomic E-state index is 11.7. The molecular weight excluding hydrogens is 246 g/mol. The van der Waals surface area contributed by atoms with Gasteiger partial charge in [-0.25, -0.2) is 4.79 Å². The summed E-state index contributed by atoms with van der Waals surface area (Å²) in [5, 5.41) is 11.7. The molecule has 0 saturated heterocycles. The van der Waals surface area contributed by atoms with Crippen LogP contribution >= 0.6 is 0 Å². The Kier molecular flexibility index (Phi) is 5.06. The molecule has 0 heterocycles. The van der Waals surface area contributed by atoms with E-state index in [-0.39, 0.29) is 0 Å². The molecule has 1 amide bonds. The van der Waals surface area contributed by atoms with E-state index in [4.69, 9.17) is 4.74 Å². The van der Waals surface area contributed by atoms with E-state index in [0.29, 0.717) is 5.56 Å². The molecule has 2 unspecified atom stereocenters. The van der Waals surface area contributed by atoms with Crippen molar-refractivity contribution < 1.29 is 19.4 Å². The number of ether oxygens (including phenoxy) is 1. The zero-order valence-corrected chi connectivity index (χ0v) is 11.6. The van der Waals surface area contributed by atoms with Crippen LogP contribution in [0.25, 0.3) is 0 Å². The topological polar surface area (TPSA) is 75.6 Å². The van der Waals surface area contributed by atoms with Crippen molar-refractivity contribution in [2.45, 2.75) is 32.9 Å². The third-order valence-electron chi connectivity index (χ3n) is 3.12. The number of carboxylic acids is 1. The van der Waals surface area contributed by atoms with Crippen LogP contribution in [0.15, 0.2) is 18.2 Å². The number of aliphatic carboxylic acids is 1. The second-order valence-electron chi connectivity index (χ2n) is 4.50. The van der Waals surface area contributed by atoms with Gasteiger partial charge in [0.15, 0.2) is 6.04 Å². The van der Waals surface area contributed by atoms with Gasteiger partial charge >= 0.3 is 5.97 Å². The first-order valence-electron chi connectivity index (χ1n) is 6.00. The van der Waals surface area contributed by atoms with Crippen LogP contribution in [-0.2, 0) is 14.3 Å². The SMILES string of the molecule is COC(C)C(=O)NC(C(=O)O)c1ccc(C)c(C)c1. The van der Waals surface area contributed by atoms with Crippen LogP contribution in [0, 0.1) is 13.8 Å². The smallest absolute Gasteiger partial charge is 0.330 e. The van der Waals surface area contributed by atoms with Gasteiger partial charge in [0.25, 0.3) is 0 Å². The summed E-state index contributed by atoms with van der Waals surface area (Å²) in [6.45, 7) is 5.41. The molecule has 0 saturated carbocycles. The lowest BCUT2D eigenvalue weighted by Gasteiger charge is -2.18. The number of carbonyl (C=O) groups is 2. The van der Waals surface area contributed by atoms with E-state index in [9.17, 15) is 14.7 Å². The molecule has 0 radical (unpaired) electrons. The van der Waals surface area contributed by atoms with E-state index in [1.54, 1.807) is 19.1 Å². The fourth-order valence-corrected chi connectivity index (χ4v) is 1.60. The predicted octanol–water partition coefficient (Wildman–Crippen LogP) is 1.58. The van der Waals surface area contributed by atoms with E-state index >= 15 is 0 Å². The Morgan fingerprint density at radius 3 is 2.37 bits per heavy atom. The Hall–Kier alpha value is -1.88. The number of amides is 1. The third-order valence-corrected chi connectivity index (χ3v) is 3.12. The average molecular weight is 265 g/mol. The van der Waals surface area contributed by atoms with Gasteiger partial charge in [-0.05, 0) is 37.5 Å². The van der Waals surface area contributed by atoms with Crippen LogP contribution < -0.4 is 5.32 Å². The summed E-state index contributed by atoms with van der Waals surface area (Å²) in [5.74, 6) is -1.55. The third kappa shape index (κ3) is 3.79. The first kappa shape index (κ1) is 15.2. The van der Waals surface area contributed by atoms with Gasteiger partial charge in [0, 0.05) is 7.11 Å². The van der Waals surface area contributed by atoms with Gasteiger partial charge in [-0.2, -0.15) is 0 Å². The molecule has 104 valence electrons. The second kappa shape index (κ2) is 6.33. The highest BCUT2D eigenvalue weighted by Crippen LogP contribution is 2.17. The molecule has 5 nitrogen and oxygen atoms in total. The van der Waals surface area contributed by atoms with E-state index in [1.807, 2.05) is 19.9 Å². The van der Waals surface area contributed by atoms with Crippen LogP contribution in [0.5, 0.6) is 0 Å². The number of nitrogens with one attached hydrogen (secondary N) is 1. The number of benzene rings is 1. The number of carboxylic acid groups (broad SMARTS) is 1. The highest BCUT2D eigenvalue weighted by Gasteiger charge is 2.24. The van der Waals surface area contributed by atoms with Crippen molar-refractivity contribution >= 4 is 11.9 Å². The summed E-state index contributed by atoms with van der Waals surface area (Å²) >= 11 is 0. The van der Waals surface area contributed by atoms with Crippen LogP contribution in [0.1, 0.15) is 29.7 Å². The Labute approximate surface area is 112 Å². The summed E-state index contributed by atoms with van der Waals surface area (Å²) < 4.78 is 4.87. The van der Waals surface area contributed by atoms with Crippen LogP contribution in [0.4, 0.5) is 0 Å². The first-order valence-corrected chi connectivity index (χ1v) is 6.00. The Balaban J connectivity index is 2.98. The molecule has 2 N–H and O–H groups in total. The minimum absolute atomic E-state index is 0.451. The normalized spacial score (nSPS) is 13.7. The largest absolute Gasteiger partial charge is 0.479 e. The molecule has 0 spiro atoms. The van der Waals surface area contributed by atoms with E-state index in [2.05, 4.69) is 5.32 Å². The number of carbonyl (C=O) groups excluding carboxylic acids is 1. The number of aryl methyl sites for hydroxylation is 2. The van der Waals surface area contributed by atoms with Crippen molar-refractivity contribution in [1.29, 1.82) is 0 Å². The number of methoxy groups -OCH3 is 1. The summed E-state index contributed by atoms with van der Waals surface area (Å²) in [7, 11) is 1.40. The number of rotatable bonds is 5. The maximum Gasteiger partial charge on any atom is 0.330 e. The molecule has 2 atom stereocenters. The van der Waals surface area contributed by atoms with Crippen molar-refractivity contribution in [3.05, 3.63) is 34.9 Å². The molecule has 1 aromatic carbocycles. The molecule has 19 heavy (non-hydrogen) atoms. The molecule has 0 aliphatic heterocycles. The van der Waals surface area contributed by atoms with Gasteiger partial charge in [-0.1, -0.05) is 18.2 Å². The quantitative estimate of drug-likeness (QED) is 0.847. The van der Waals surface area contributed by atoms with Crippen molar-refractivity contribution in [2.24, 2.45) is 0 Å². The average Bonchev–Trinajstić information content (AvgIpc) is 2.37. The van der Waals surface area contributed by atoms with E-state index in [0.717, 1.165) is 11.1 Å². The molecule has 0 aromatic heterocycles. The van der Waals surface area contributed by atoms with Crippen molar-refractivity contribution in [1.82, 2.24) is 5.32 Å². The maximum absolute atomic E-state index is 11.7. The predicted molar refractivity (Wildman–Crippen MR) is 70.9 cm³/mol. The fraction of sp³-hybridized carbons (Fsp3) is 0.429. The lowest BCUT2D eigenvalue weighted by Crippen LogP contribution is -2.39. The molecule has 5 heteroatoms. The Morgan fingerprint density at radius 2 is 1.89 bits per heavy atom. The number of hydrogen-bond donors (Lipinski definition) is 2. The molecule has 1 aromatic rings. The molecule has 0 fully saturated rings. The summed E-state index contributed by atoms with van der Waals surface area (Å²) in [6, 6.07) is 4.25. The van der Waals surface area contributed by atoms with Gasteiger partial charge < -0.3 is 15.2 Å². The van der Waals surface area contributed by atoms with Gasteiger partial charge in [0.05, 0.1) is 0 Å². The van der Waals surface area contributed by atoms with Gasteiger partial charge in [0.2, 0.25) is 5.91 Å². The molecule has 0 bridgehead atoms. The monoisotopic (exact) mass is 265 g/mol. The first-order chi connectivity index (χ1) is 8.86. The summed E-state index contributed by atoms with van der Waals surface area (Å²) in [4.78, 5) is 23.0. The zero-order chi connectivity index (χ0) is 14.6. The summed E-state index contributed by atoms with van der Waals surface area (Å²) in [6.07, 6.45) is -0.687. The molecule has 0 aliphatic carbocycles. The van der Waals surface area contributed by atoms with Crippen LogP contribution in [0.3, 0.4) is 0 Å². The lowest BCUT2D eigenvalue weighted by molar-refractivity contribution is -0.143. The standard InChI is InChI=1S/C14H19NO4/c1-8-5-6-11(7-9(8)2)12(14(17)18)15-13(16)10(3)19-4/h5-7,10,12H,1-4H3,(H,15,16)(H,17,18). The van der Waals surface area contributed by atoms with Crippen molar-refractivity contribution in [3.8, 4) is 0 Å². The highest BCUT2D eigenvalue weighted by molar-refractivity contribution is 5.86.